The highest BCUT2D eigenvalue weighted by Crippen LogP contribution is 2.33. The zero-order valence-electron chi connectivity index (χ0n) is 9.32. The van der Waals surface area contributed by atoms with Gasteiger partial charge in [-0.3, -0.25) is 0 Å². The highest BCUT2D eigenvalue weighted by atomic mass is 79.9. The number of benzene rings is 1. The minimum absolute atomic E-state index is 0.461. The summed E-state index contributed by atoms with van der Waals surface area (Å²) < 4.78 is 1.11. The maximum absolute atomic E-state index is 4.75. The van der Waals surface area contributed by atoms with Gasteiger partial charge in [0.15, 0.2) is 0 Å². The number of hydrogen-bond donors (Lipinski definition) is 1. The minimum atomic E-state index is 0.461. The van der Waals surface area contributed by atoms with Gasteiger partial charge >= 0.3 is 0 Å². The van der Waals surface area contributed by atoms with Crippen molar-refractivity contribution in [1.29, 1.82) is 0 Å². The fourth-order valence-corrected chi connectivity index (χ4v) is 3.66. The van der Waals surface area contributed by atoms with Crippen molar-refractivity contribution in [2.24, 2.45) is 0 Å². The molecule has 1 aromatic heterocycles. The molecule has 4 heteroatoms. The Balaban J connectivity index is 1.92. The monoisotopic (exact) mass is 308 g/mol. The van der Waals surface area contributed by atoms with Crippen molar-refractivity contribution < 1.29 is 0 Å². The van der Waals surface area contributed by atoms with E-state index in [2.05, 4.69) is 44.8 Å². The fraction of sp³-hybridized carbons (Fsp3) is 0.308. The molecule has 1 atom stereocenters. The van der Waals surface area contributed by atoms with Gasteiger partial charge in [-0.2, -0.15) is 0 Å². The van der Waals surface area contributed by atoms with E-state index < -0.39 is 0 Å². The zero-order valence-corrected chi connectivity index (χ0v) is 11.7. The topological polar surface area (TPSA) is 24.9 Å². The molecule has 1 aliphatic heterocycles. The van der Waals surface area contributed by atoms with Crippen molar-refractivity contribution in [2.75, 3.05) is 6.54 Å². The number of thiazole rings is 1. The number of aromatic nitrogens is 1. The Bertz CT molecular complexity index is 518. The molecular weight excluding hydrogens is 296 g/mol. The molecule has 2 nitrogen and oxygen atoms in total. The summed E-state index contributed by atoms with van der Waals surface area (Å²) >= 11 is 5.30. The third kappa shape index (κ3) is 2.30. The van der Waals surface area contributed by atoms with Crippen LogP contribution in [0.5, 0.6) is 0 Å². The molecule has 0 unspecified atom stereocenters. The second-order valence-corrected chi connectivity index (χ2v) is 5.92. The first kappa shape index (κ1) is 11.4. The number of nitrogens with one attached hydrogen (secondary N) is 1. The molecule has 0 aliphatic carbocycles. The van der Waals surface area contributed by atoms with Crippen LogP contribution in [0.25, 0.3) is 10.6 Å². The van der Waals surface area contributed by atoms with Gasteiger partial charge in [-0.05, 0) is 25.5 Å². The summed E-state index contributed by atoms with van der Waals surface area (Å²) in [4.78, 5) is 4.75. The number of halogens is 1. The van der Waals surface area contributed by atoms with Gasteiger partial charge in [-0.25, -0.2) is 4.98 Å². The molecule has 2 aromatic rings. The van der Waals surface area contributed by atoms with Crippen LogP contribution in [0.1, 0.15) is 24.6 Å². The molecule has 0 bridgehead atoms. The van der Waals surface area contributed by atoms with E-state index in [1.54, 1.807) is 11.3 Å². The number of nitrogens with zero attached hydrogens (tertiary/aromatic N) is 1. The standard InChI is InChI=1S/C13H13BrN2S/c14-10-5-2-1-4-9(10)13-16-12(8-17-13)11-6-3-7-15-11/h1-2,4-5,8,11,15H,3,6-7H2/t11-/m0/s1. The Labute approximate surface area is 113 Å². The van der Waals surface area contributed by atoms with Crippen LogP contribution in [-0.2, 0) is 0 Å². The molecular formula is C13H13BrN2S. The second-order valence-electron chi connectivity index (χ2n) is 4.21. The first-order chi connectivity index (χ1) is 8.34. The van der Waals surface area contributed by atoms with Crippen LogP contribution >= 0.6 is 27.3 Å². The molecule has 0 radical (unpaired) electrons. The maximum Gasteiger partial charge on any atom is 0.124 e. The van der Waals surface area contributed by atoms with Crippen molar-refractivity contribution in [1.82, 2.24) is 10.3 Å². The normalized spacial score (nSPS) is 19.7. The smallest absolute Gasteiger partial charge is 0.124 e. The molecule has 1 saturated heterocycles. The predicted molar refractivity (Wildman–Crippen MR) is 75.2 cm³/mol. The van der Waals surface area contributed by atoms with Gasteiger partial charge in [-0.15, -0.1) is 11.3 Å². The Morgan fingerprint density at radius 3 is 3.00 bits per heavy atom. The van der Waals surface area contributed by atoms with Crippen LogP contribution in [0.4, 0.5) is 0 Å². The largest absolute Gasteiger partial charge is 0.309 e. The van der Waals surface area contributed by atoms with Crippen LogP contribution in [0, 0.1) is 0 Å². The number of hydrogen-bond acceptors (Lipinski definition) is 3. The molecule has 2 heterocycles. The van der Waals surface area contributed by atoms with Gasteiger partial charge in [0.1, 0.15) is 5.01 Å². The van der Waals surface area contributed by atoms with Gasteiger partial charge < -0.3 is 5.32 Å². The van der Waals surface area contributed by atoms with E-state index in [1.807, 2.05) is 6.07 Å². The summed E-state index contributed by atoms with van der Waals surface area (Å²) in [6.45, 7) is 1.12. The molecule has 0 amide bonds. The van der Waals surface area contributed by atoms with Crippen molar-refractivity contribution >= 4 is 27.3 Å². The molecule has 17 heavy (non-hydrogen) atoms. The molecule has 0 spiro atoms. The quantitative estimate of drug-likeness (QED) is 0.907. The lowest BCUT2D eigenvalue weighted by Gasteiger charge is -2.05. The summed E-state index contributed by atoms with van der Waals surface area (Å²) in [5.74, 6) is 0. The third-order valence-corrected chi connectivity index (χ3v) is 4.63. The Hall–Kier alpha value is -0.710. The third-order valence-electron chi connectivity index (χ3n) is 3.04. The lowest BCUT2D eigenvalue weighted by Crippen LogP contribution is -2.12. The molecule has 1 aliphatic rings. The average molecular weight is 309 g/mol. The summed E-state index contributed by atoms with van der Waals surface area (Å²) in [6.07, 6.45) is 2.46. The van der Waals surface area contributed by atoms with E-state index in [9.17, 15) is 0 Å². The van der Waals surface area contributed by atoms with Gasteiger partial charge in [0.25, 0.3) is 0 Å². The SMILES string of the molecule is Brc1ccccc1-c1nc([C@@H]2CCCN2)cs1. The Kier molecular flexibility index (Phi) is 3.27. The lowest BCUT2D eigenvalue weighted by atomic mass is 10.2. The van der Waals surface area contributed by atoms with Crippen molar-refractivity contribution in [3.63, 3.8) is 0 Å². The molecule has 1 fully saturated rings. The fourth-order valence-electron chi connectivity index (χ4n) is 2.14. The van der Waals surface area contributed by atoms with E-state index in [0.717, 1.165) is 16.0 Å². The molecule has 0 saturated carbocycles. The summed E-state index contributed by atoms with van der Waals surface area (Å²) in [6, 6.07) is 8.71. The van der Waals surface area contributed by atoms with E-state index in [-0.39, 0.29) is 0 Å². The summed E-state index contributed by atoms with van der Waals surface area (Å²) in [5.41, 5.74) is 2.38. The lowest BCUT2D eigenvalue weighted by molar-refractivity contribution is 0.632. The highest BCUT2D eigenvalue weighted by Gasteiger charge is 2.19. The first-order valence-corrected chi connectivity index (χ1v) is 7.45. The van der Waals surface area contributed by atoms with Crippen LogP contribution in [-0.4, -0.2) is 11.5 Å². The van der Waals surface area contributed by atoms with Crippen LogP contribution in [0.15, 0.2) is 34.1 Å². The maximum atomic E-state index is 4.75. The molecule has 1 N–H and O–H groups in total. The zero-order chi connectivity index (χ0) is 11.7. The minimum Gasteiger partial charge on any atom is -0.309 e. The van der Waals surface area contributed by atoms with Crippen molar-refractivity contribution in [3.8, 4) is 10.6 Å². The van der Waals surface area contributed by atoms with Gasteiger partial charge in [-0.1, -0.05) is 34.1 Å². The van der Waals surface area contributed by atoms with Gasteiger partial charge in [0.05, 0.1) is 11.7 Å². The van der Waals surface area contributed by atoms with Gasteiger partial charge in [0.2, 0.25) is 0 Å². The average Bonchev–Trinajstić information content (AvgIpc) is 3.00. The van der Waals surface area contributed by atoms with Crippen molar-refractivity contribution in [3.05, 3.63) is 39.8 Å². The molecule has 1 aromatic carbocycles. The van der Waals surface area contributed by atoms with E-state index in [0.29, 0.717) is 6.04 Å². The van der Waals surface area contributed by atoms with Crippen LogP contribution in [0.2, 0.25) is 0 Å². The number of rotatable bonds is 2. The predicted octanol–water partition coefficient (Wildman–Crippen LogP) is 4.00. The summed E-state index contributed by atoms with van der Waals surface area (Å²) in [5, 5.41) is 6.76. The molecule has 3 rings (SSSR count). The van der Waals surface area contributed by atoms with Crippen molar-refractivity contribution in [2.45, 2.75) is 18.9 Å². The van der Waals surface area contributed by atoms with E-state index >= 15 is 0 Å². The first-order valence-electron chi connectivity index (χ1n) is 5.78. The van der Waals surface area contributed by atoms with Crippen LogP contribution < -0.4 is 5.32 Å². The summed E-state index contributed by atoms with van der Waals surface area (Å²) in [7, 11) is 0. The Morgan fingerprint density at radius 1 is 1.35 bits per heavy atom. The second kappa shape index (κ2) is 4.88. The van der Waals surface area contributed by atoms with E-state index in [1.165, 1.54) is 24.1 Å². The van der Waals surface area contributed by atoms with Crippen LogP contribution in [0.3, 0.4) is 0 Å². The molecule has 88 valence electrons. The van der Waals surface area contributed by atoms with Gasteiger partial charge in [0, 0.05) is 15.4 Å². The Morgan fingerprint density at radius 2 is 2.24 bits per heavy atom. The highest BCUT2D eigenvalue weighted by molar-refractivity contribution is 9.10. The van der Waals surface area contributed by atoms with E-state index in [4.69, 9.17) is 4.98 Å².